The molecule has 1 heterocycles. The van der Waals surface area contributed by atoms with Crippen LogP contribution in [0.15, 0.2) is 24.3 Å². The van der Waals surface area contributed by atoms with Crippen molar-refractivity contribution in [3.63, 3.8) is 0 Å². The third kappa shape index (κ3) is 5.54. The Bertz CT molecular complexity index is 743. The number of para-hydroxylation sites is 1. The molecule has 1 aliphatic rings. The minimum Gasteiger partial charge on any atom is -0.409 e. The van der Waals surface area contributed by atoms with Crippen molar-refractivity contribution < 1.29 is 28.0 Å². The minimum atomic E-state index is -3.75. The molecule has 30 heavy (non-hydrogen) atoms. The number of benzene rings is 1. The highest BCUT2D eigenvalue weighted by molar-refractivity contribution is 7.54. The minimum absolute atomic E-state index is 0.0441. The topological polar surface area (TPSA) is 77.5 Å². The molecule has 2 rings (SSSR count). The largest absolute Gasteiger partial charge is 0.409 e. The van der Waals surface area contributed by atoms with Crippen LogP contribution in [-0.2, 0) is 22.9 Å². The van der Waals surface area contributed by atoms with E-state index in [1.165, 1.54) is 0 Å². The SMILES string of the molecule is CCOP(=O)(OCC)[C@H]1ON(c2ccccc2C)C[C@H](O[Si](C)(C)C(C)(C)C)[C@@H]1O. The van der Waals surface area contributed by atoms with Gasteiger partial charge in [0.2, 0.25) is 5.85 Å². The molecular weight excluding hydrogens is 421 g/mol. The molecule has 0 aliphatic carbocycles. The number of aliphatic hydroxyl groups is 1. The molecule has 3 atom stereocenters. The molecule has 1 N–H and O–H groups in total. The number of rotatable bonds is 8. The Morgan fingerprint density at radius 2 is 1.77 bits per heavy atom. The molecule has 1 fully saturated rings. The van der Waals surface area contributed by atoms with Crippen molar-refractivity contribution in [2.75, 3.05) is 24.8 Å². The van der Waals surface area contributed by atoms with E-state index in [9.17, 15) is 9.67 Å². The van der Waals surface area contributed by atoms with Crippen molar-refractivity contribution in [1.29, 1.82) is 0 Å². The Morgan fingerprint density at radius 3 is 2.27 bits per heavy atom. The van der Waals surface area contributed by atoms with Crippen LogP contribution in [-0.4, -0.2) is 51.2 Å². The zero-order valence-electron chi connectivity index (χ0n) is 19.5. The van der Waals surface area contributed by atoms with E-state index in [4.69, 9.17) is 18.3 Å². The maximum Gasteiger partial charge on any atom is 0.364 e. The van der Waals surface area contributed by atoms with E-state index in [1.54, 1.807) is 18.9 Å². The fourth-order valence-electron chi connectivity index (χ4n) is 3.14. The molecule has 1 aromatic rings. The first-order valence-electron chi connectivity index (χ1n) is 10.6. The first kappa shape index (κ1) is 25.5. The Kier molecular flexibility index (Phi) is 8.35. The van der Waals surface area contributed by atoms with Gasteiger partial charge in [0, 0.05) is 0 Å². The predicted octanol–water partition coefficient (Wildman–Crippen LogP) is 5.09. The molecule has 172 valence electrons. The van der Waals surface area contributed by atoms with Crippen molar-refractivity contribution in [1.82, 2.24) is 0 Å². The Labute approximate surface area is 182 Å². The van der Waals surface area contributed by atoms with Gasteiger partial charge in [-0.2, -0.15) is 0 Å². The van der Waals surface area contributed by atoms with Gasteiger partial charge in [0.15, 0.2) is 8.32 Å². The van der Waals surface area contributed by atoms with Gasteiger partial charge in [-0.1, -0.05) is 39.0 Å². The maximum absolute atomic E-state index is 13.5. The molecule has 0 amide bonds. The van der Waals surface area contributed by atoms with Gasteiger partial charge < -0.3 is 18.6 Å². The molecule has 0 saturated carbocycles. The second kappa shape index (κ2) is 9.82. The summed E-state index contributed by atoms with van der Waals surface area (Å²) in [4.78, 5) is 6.07. The summed E-state index contributed by atoms with van der Waals surface area (Å²) in [6.45, 7) is 16.8. The summed E-state index contributed by atoms with van der Waals surface area (Å²) in [5.41, 5.74) is 1.83. The van der Waals surface area contributed by atoms with Crippen molar-refractivity contribution in [3.05, 3.63) is 29.8 Å². The summed E-state index contributed by atoms with van der Waals surface area (Å²) in [6.07, 6.45) is -1.75. The second-order valence-corrected chi connectivity index (χ2v) is 16.0. The number of aryl methyl sites for hydroxylation is 1. The lowest BCUT2D eigenvalue weighted by Gasteiger charge is -2.47. The maximum atomic E-state index is 13.5. The van der Waals surface area contributed by atoms with Crippen LogP contribution in [0.25, 0.3) is 0 Å². The van der Waals surface area contributed by atoms with Gasteiger partial charge in [-0.25, -0.2) is 0 Å². The van der Waals surface area contributed by atoms with E-state index in [-0.39, 0.29) is 18.3 Å². The number of hydrogen-bond acceptors (Lipinski definition) is 7. The Balaban J connectivity index is 2.46. The molecule has 0 spiro atoms. The summed E-state index contributed by atoms with van der Waals surface area (Å²) in [7, 11) is -5.96. The van der Waals surface area contributed by atoms with Crippen LogP contribution in [0, 0.1) is 6.92 Å². The van der Waals surface area contributed by atoms with E-state index in [1.807, 2.05) is 31.2 Å². The lowest BCUT2D eigenvalue weighted by Crippen LogP contribution is -2.59. The number of anilines is 1. The third-order valence-electron chi connectivity index (χ3n) is 5.82. The first-order chi connectivity index (χ1) is 13.9. The van der Waals surface area contributed by atoms with Gasteiger partial charge in [-0.3, -0.25) is 14.5 Å². The molecule has 1 saturated heterocycles. The fourth-order valence-corrected chi connectivity index (χ4v) is 6.35. The number of nitrogens with zero attached hydrogens (tertiary/aromatic N) is 1. The van der Waals surface area contributed by atoms with E-state index >= 15 is 0 Å². The van der Waals surface area contributed by atoms with Crippen LogP contribution in [0.5, 0.6) is 0 Å². The van der Waals surface area contributed by atoms with Crippen LogP contribution in [0.2, 0.25) is 18.1 Å². The summed E-state index contributed by atoms with van der Waals surface area (Å²) in [6, 6.07) is 7.77. The van der Waals surface area contributed by atoms with Gasteiger partial charge in [0.05, 0.1) is 31.5 Å². The molecule has 1 aliphatic heterocycles. The van der Waals surface area contributed by atoms with E-state index in [0.29, 0.717) is 6.54 Å². The lowest BCUT2D eigenvalue weighted by molar-refractivity contribution is -0.109. The van der Waals surface area contributed by atoms with Gasteiger partial charge in [0.1, 0.15) is 6.10 Å². The quantitative estimate of drug-likeness (QED) is 0.428. The Morgan fingerprint density at radius 1 is 1.20 bits per heavy atom. The zero-order chi connectivity index (χ0) is 22.7. The van der Waals surface area contributed by atoms with E-state index in [2.05, 4.69) is 33.9 Å². The summed E-state index contributed by atoms with van der Waals surface area (Å²) in [5.74, 6) is -1.18. The number of hydroxylamine groups is 1. The monoisotopic (exact) mass is 459 g/mol. The van der Waals surface area contributed by atoms with Gasteiger partial charge in [-0.15, -0.1) is 0 Å². The molecule has 0 unspecified atom stereocenters. The van der Waals surface area contributed by atoms with Crippen LogP contribution < -0.4 is 5.06 Å². The van der Waals surface area contributed by atoms with Crippen molar-refractivity contribution in [3.8, 4) is 0 Å². The fraction of sp³-hybridized carbons (Fsp3) is 0.714. The standard InChI is InChI=1S/C21H38NO6PSi/c1-9-25-29(24,26-10-2)20-19(23)18(28-30(7,8)21(4,5)6)15-22(27-20)17-14-12-11-13-16(17)3/h11-14,18-20,23H,9-10,15H2,1-8H3/t18-,19-,20+/m0/s1. The lowest BCUT2D eigenvalue weighted by atomic mass is 10.1. The van der Waals surface area contributed by atoms with Crippen molar-refractivity contribution in [2.24, 2.45) is 0 Å². The van der Waals surface area contributed by atoms with Gasteiger partial charge in [0.25, 0.3) is 0 Å². The summed E-state index contributed by atoms with van der Waals surface area (Å²) in [5, 5.41) is 12.8. The average molecular weight is 460 g/mol. The Hall–Kier alpha value is -0.733. The molecule has 0 bridgehead atoms. The first-order valence-corrected chi connectivity index (χ1v) is 15.1. The van der Waals surface area contributed by atoms with Crippen LogP contribution >= 0.6 is 7.60 Å². The van der Waals surface area contributed by atoms with E-state index in [0.717, 1.165) is 11.3 Å². The van der Waals surface area contributed by atoms with Crippen molar-refractivity contribution >= 4 is 21.6 Å². The molecule has 0 radical (unpaired) electrons. The molecular formula is C21H38NO6PSi. The van der Waals surface area contributed by atoms with Crippen LogP contribution in [0.3, 0.4) is 0 Å². The van der Waals surface area contributed by atoms with Crippen LogP contribution in [0.4, 0.5) is 5.69 Å². The summed E-state index contributed by atoms with van der Waals surface area (Å²) < 4.78 is 31.1. The third-order valence-corrected chi connectivity index (χ3v) is 12.6. The normalized spacial score (nSPS) is 23.6. The average Bonchev–Trinajstić information content (AvgIpc) is 2.63. The molecule has 0 aromatic heterocycles. The summed E-state index contributed by atoms with van der Waals surface area (Å²) >= 11 is 0. The highest BCUT2D eigenvalue weighted by Crippen LogP contribution is 2.57. The number of aliphatic hydroxyl groups excluding tert-OH is 1. The molecule has 9 heteroatoms. The van der Waals surface area contributed by atoms with Gasteiger partial charge >= 0.3 is 7.60 Å². The van der Waals surface area contributed by atoms with Gasteiger partial charge in [-0.05, 0) is 50.5 Å². The smallest absolute Gasteiger partial charge is 0.364 e. The second-order valence-electron chi connectivity index (χ2n) is 9.13. The highest BCUT2D eigenvalue weighted by Gasteiger charge is 2.52. The zero-order valence-corrected chi connectivity index (χ0v) is 21.4. The molecule has 1 aromatic carbocycles. The van der Waals surface area contributed by atoms with Crippen molar-refractivity contribution in [2.45, 2.75) is 77.7 Å². The van der Waals surface area contributed by atoms with Crippen LogP contribution in [0.1, 0.15) is 40.2 Å². The predicted molar refractivity (Wildman–Crippen MR) is 122 cm³/mol. The highest BCUT2D eigenvalue weighted by atomic mass is 31.2. The number of hydrogen-bond donors (Lipinski definition) is 1. The molecule has 7 nitrogen and oxygen atoms in total. The van der Waals surface area contributed by atoms with E-state index < -0.39 is 34.0 Å².